The van der Waals surface area contributed by atoms with Crippen LogP contribution in [-0.2, 0) is 9.53 Å². The third kappa shape index (κ3) is 3.54. The number of rotatable bonds is 5. The highest BCUT2D eigenvalue weighted by Gasteiger charge is 2.24. The number of carbonyl (C=O) groups is 1. The number of nitrogens with zero attached hydrogens (tertiary/aromatic N) is 2. The molecule has 0 aliphatic heterocycles. The van der Waals surface area contributed by atoms with Gasteiger partial charge in [-0.3, -0.25) is 0 Å². The number of hydrogen-bond acceptors (Lipinski definition) is 7. The number of carbonyl (C=O) groups excluding carboxylic acids is 1. The van der Waals surface area contributed by atoms with Crippen LogP contribution >= 0.6 is 0 Å². The van der Waals surface area contributed by atoms with E-state index in [1.165, 1.54) is 7.11 Å². The van der Waals surface area contributed by atoms with Gasteiger partial charge in [-0.1, -0.05) is 13.8 Å². The Hall–Kier alpha value is -1.89. The van der Waals surface area contributed by atoms with E-state index >= 15 is 0 Å². The first-order valence-electron chi connectivity index (χ1n) is 6.06. The Morgan fingerprint density at radius 2 is 1.84 bits per heavy atom. The molecule has 7 heteroatoms. The molecule has 1 heterocycles. The van der Waals surface area contributed by atoms with E-state index in [-0.39, 0.29) is 11.9 Å². The fraction of sp³-hybridized carbons (Fsp3) is 0.583. The summed E-state index contributed by atoms with van der Waals surface area (Å²) in [6, 6.07) is -0.469. The second-order valence-corrected chi connectivity index (χ2v) is 4.63. The van der Waals surface area contributed by atoms with Crippen molar-refractivity contribution < 1.29 is 9.53 Å². The van der Waals surface area contributed by atoms with E-state index in [2.05, 4.69) is 20.7 Å². The summed E-state index contributed by atoms with van der Waals surface area (Å²) in [7, 11) is 1.37. The Labute approximate surface area is 112 Å². The molecule has 0 aromatic carbocycles. The number of nitrogens with one attached hydrogen (secondary N) is 2. The predicted molar refractivity (Wildman–Crippen MR) is 73.6 cm³/mol. The van der Waals surface area contributed by atoms with Crippen molar-refractivity contribution in [3.63, 3.8) is 0 Å². The van der Waals surface area contributed by atoms with Gasteiger partial charge in [0.25, 0.3) is 0 Å². The first-order chi connectivity index (χ1) is 8.90. The van der Waals surface area contributed by atoms with Crippen molar-refractivity contribution >= 4 is 17.6 Å². The van der Waals surface area contributed by atoms with Crippen LogP contribution in [0, 0.1) is 19.8 Å². The van der Waals surface area contributed by atoms with E-state index in [1.807, 2.05) is 20.8 Å². The first kappa shape index (κ1) is 15.2. The first-order valence-corrected chi connectivity index (χ1v) is 6.06. The molecule has 0 amide bonds. The van der Waals surface area contributed by atoms with Crippen LogP contribution in [0.1, 0.15) is 25.2 Å². The van der Waals surface area contributed by atoms with Crippen molar-refractivity contribution in [1.82, 2.24) is 9.97 Å². The van der Waals surface area contributed by atoms with Crippen LogP contribution < -0.4 is 16.6 Å². The van der Waals surface area contributed by atoms with Crippen LogP contribution in [0.25, 0.3) is 0 Å². The Morgan fingerprint density at radius 1 is 1.26 bits per heavy atom. The van der Waals surface area contributed by atoms with Crippen molar-refractivity contribution in [3.05, 3.63) is 11.4 Å². The summed E-state index contributed by atoms with van der Waals surface area (Å²) >= 11 is 0. The minimum atomic E-state index is -0.469. The lowest BCUT2D eigenvalue weighted by molar-refractivity contribution is -0.142. The van der Waals surface area contributed by atoms with Crippen LogP contribution in [0.5, 0.6) is 0 Å². The molecule has 1 unspecified atom stereocenters. The van der Waals surface area contributed by atoms with Gasteiger partial charge in [0, 0.05) is 5.56 Å². The quantitative estimate of drug-likeness (QED) is 0.415. The highest BCUT2D eigenvalue weighted by molar-refractivity contribution is 5.79. The summed E-state index contributed by atoms with van der Waals surface area (Å²) in [5.41, 5.74) is 3.27. The highest BCUT2D eigenvalue weighted by Crippen LogP contribution is 2.21. The van der Waals surface area contributed by atoms with Gasteiger partial charge in [0.15, 0.2) is 0 Å². The fourth-order valence-electron chi connectivity index (χ4n) is 1.68. The largest absolute Gasteiger partial charge is 0.467 e. The normalized spacial score (nSPS) is 12.2. The highest BCUT2D eigenvalue weighted by atomic mass is 16.5. The molecule has 1 atom stereocenters. The number of nitrogens with two attached hydrogens (primary N) is 1. The van der Waals surface area contributed by atoms with Crippen LogP contribution in [-0.4, -0.2) is 29.1 Å². The molecule has 1 aromatic heterocycles. The number of methoxy groups -OCH3 is 1. The summed E-state index contributed by atoms with van der Waals surface area (Å²) in [6.45, 7) is 7.44. The van der Waals surface area contributed by atoms with Gasteiger partial charge in [0.05, 0.1) is 7.11 Å². The molecule has 0 bridgehead atoms. The SMILES string of the molecule is COC(=O)C(Nc1nc(C)nc(NN)c1C)C(C)C. The Balaban J connectivity index is 3.09. The maximum Gasteiger partial charge on any atom is 0.328 e. The molecule has 0 saturated heterocycles. The van der Waals surface area contributed by atoms with Crippen LogP contribution in [0.2, 0.25) is 0 Å². The summed E-state index contributed by atoms with van der Waals surface area (Å²) in [4.78, 5) is 20.2. The van der Waals surface area contributed by atoms with E-state index in [0.717, 1.165) is 5.56 Å². The number of nitrogen functional groups attached to an aromatic ring is 1. The summed E-state index contributed by atoms with van der Waals surface area (Å²) < 4.78 is 4.79. The molecule has 4 N–H and O–H groups in total. The van der Waals surface area contributed by atoms with Crippen molar-refractivity contribution in [2.75, 3.05) is 17.9 Å². The molecule has 0 fully saturated rings. The minimum Gasteiger partial charge on any atom is -0.467 e. The number of aromatic nitrogens is 2. The molecule has 19 heavy (non-hydrogen) atoms. The van der Waals surface area contributed by atoms with Crippen molar-refractivity contribution in [2.24, 2.45) is 11.8 Å². The van der Waals surface area contributed by atoms with E-state index in [9.17, 15) is 4.79 Å². The number of aryl methyl sites for hydroxylation is 1. The molecule has 0 aliphatic rings. The van der Waals surface area contributed by atoms with Crippen molar-refractivity contribution in [2.45, 2.75) is 33.7 Å². The Bertz CT molecular complexity index is 462. The standard InChI is InChI=1S/C12H21N5O2/c1-6(2)9(12(18)19-5)16-10-7(3)11(17-13)15-8(4)14-10/h6,9H,13H2,1-5H3,(H2,14,15,16,17). The van der Waals surface area contributed by atoms with Crippen molar-refractivity contribution in [3.8, 4) is 0 Å². The molecular weight excluding hydrogens is 246 g/mol. The molecular formula is C12H21N5O2. The zero-order valence-corrected chi connectivity index (χ0v) is 11.9. The van der Waals surface area contributed by atoms with Gasteiger partial charge < -0.3 is 15.5 Å². The monoisotopic (exact) mass is 267 g/mol. The second-order valence-electron chi connectivity index (χ2n) is 4.63. The Kier molecular flexibility index (Phi) is 5.05. The average Bonchev–Trinajstić information content (AvgIpc) is 2.37. The summed E-state index contributed by atoms with van der Waals surface area (Å²) in [6.07, 6.45) is 0. The minimum absolute atomic E-state index is 0.0661. The number of hydrazine groups is 1. The zero-order chi connectivity index (χ0) is 14.6. The van der Waals surface area contributed by atoms with E-state index in [4.69, 9.17) is 10.6 Å². The molecule has 1 aromatic rings. The Morgan fingerprint density at radius 3 is 2.32 bits per heavy atom. The average molecular weight is 267 g/mol. The maximum atomic E-state index is 11.7. The lowest BCUT2D eigenvalue weighted by Crippen LogP contribution is -2.36. The molecule has 0 radical (unpaired) electrons. The molecule has 7 nitrogen and oxygen atoms in total. The van der Waals surface area contributed by atoms with Gasteiger partial charge in [0.1, 0.15) is 23.5 Å². The predicted octanol–water partition coefficient (Wildman–Crippen LogP) is 0.989. The number of esters is 1. The zero-order valence-electron chi connectivity index (χ0n) is 11.9. The smallest absolute Gasteiger partial charge is 0.328 e. The lowest BCUT2D eigenvalue weighted by atomic mass is 10.0. The fourth-order valence-corrected chi connectivity index (χ4v) is 1.68. The number of ether oxygens (including phenoxy) is 1. The van der Waals surface area contributed by atoms with Crippen LogP contribution in [0.4, 0.5) is 11.6 Å². The van der Waals surface area contributed by atoms with Crippen molar-refractivity contribution in [1.29, 1.82) is 0 Å². The number of hydrogen-bond donors (Lipinski definition) is 3. The molecule has 0 spiro atoms. The molecule has 1 rings (SSSR count). The van der Waals surface area contributed by atoms with E-state index < -0.39 is 6.04 Å². The van der Waals surface area contributed by atoms with E-state index in [1.54, 1.807) is 6.92 Å². The summed E-state index contributed by atoms with van der Waals surface area (Å²) in [5.74, 6) is 6.81. The van der Waals surface area contributed by atoms with Crippen LogP contribution in [0.15, 0.2) is 0 Å². The van der Waals surface area contributed by atoms with Gasteiger partial charge in [-0.25, -0.2) is 20.6 Å². The van der Waals surface area contributed by atoms with Gasteiger partial charge in [-0.2, -0.15) is 0 Å². The maximum absolute atomic E-state index is 11.7. The summed E-state index contributed by atoms with van der Waals surface area (Å²) in [5, 5.41) is 3.09. The molecule has 0 aliphatic carbocycles. The van der Waals surface area contributed by atoms with Gasteiger partial charge in [0.2, 0.25) is 0 Å². The number of anilines is 2. The topological polar surface area (TPSA) is 102 Å². The molecule has 0 saturated carbocycles. The second kappa shape index (κ2) is 6.33. The van der Waals surface area contributed by atoms with E-state index in [0.29, 0.717) is 17.5 Å². The third-order valence-corrected chi connectivity index (χ3v) is 2.81. The van der Waals surface area contributed by atoms with Gasteiger partial charge in [-0.05, 0) is 19.8 Å². The van der Waals surface area contributed by atoms with Gasteiger partial charge in [-0.15, -0.1) is 0 Å². The lowest BCUT2D eigenvalue weighted by Gasteiger charge is -2.22. The molecule has 106 valence electrons. The van der Waals surface area contributed by atoms with Gasteiger partial charge >= 0.3 is 5.97 Å². The third-order valence-electron chi connectivity index (χ3n) is 2.81. The van der Waals surface area contributed by atoms with Crippen LogP contribution in [0.3, 0.4) is 0 Å².